The van der Waals surface area contributed by atoms with Gasteiger partial charge in [-0.3, -0.25) is 9.78 Å². The summed E-state index contributed by atoms with van der Waals surface area (Å²) in [5, 5.41) is 1.98. The SMILES string of the molecule is COc1ccc(CCc2c(Cl)cncc2Cl)c2cc(C(=O)N3CCCCC3)oc12. The minimum Gasteiger partial charge on any atom is -0.493 e. The number of amides is 1. The molecule has 3 heterocycles. The Morgan fingerprint density at radius 1 is 1.14 bits per heavy atom. The third kappa shape index (κ3) is 4.07. The van der Waals surface area contributed by atoms with Crippen molar-refractivity contribution in [3.63, 3.8) is 0 Å². The predicted molar refractivity (Wildman–Crippen MR) is 114 cm³/mol. The van der Waals surface area contributed by atoms with Gasteiger partial charge in [-0.2, -0.15) is 0 Å². The second kappa shape index (κ2) is 8.64. The number of fused-ring (bicyclic) bond motifs is 1. The van der Waals surface area contributed by atoms with E-state index in [2.05, 4.69) is 4.98 Å². The molecule has 1 aliphatic rings. The van der Waals surface area contributed by atoms with Crippen LogP contribution in [-0.2, 0) is 12.8 Å². The Labute approximate surface area is 179 Å². The van der Waals surface area contributed by atoms with E-state index in [-0.39, 0.29) is 5.91 Å². The molecule has 0 spiro atoms. The molecular formula is C22H22Cl2N2O3. The fourth-order valence-electron chi connectivity index (χ4n) is 3.83. The average Bonchev–Trinajstić information content (AvgIpc) is 3.19. The van der Waals surface area contributed by atoms with Gasteiger partial charge in [0, 0.05) is 30.9 Å². The maximum atomic E-state index is 12.9. The molecule has 1 saturated heterocycles. The van der Waals surface area contributed by atoms with Crippen molar-refractivity contribution in [2.75, 3.05) is 20.2 Å². The van der Waals surface area contributed by atoms with Gasteiger partial charge < -0.3 is 14.1 Å². The van der Waals surface area contributed by atoms with Crippen molar-refractivity contribution in [1.82, 2.24) is 9.88 Å². The summed E-state index contributed by atoms with van der Waals surface area (Å²) < 4.78 is 11.4. The second-order valence-corrected chi connectivity index (χ2v) is 8.03. The number of rotatable bonds is 5. The average molecular weight is 433 g/mol. The normalized spacial score (nSPS) is 14.4. The highest BCUT2D eigenvalue weighted by Gasteiger charge is 2.23. The van der Waals surface area contributed by atoms with E-state index in [0.717, 1.165) is 42.4 Å². The molecular weight excluding hydrogens is 411 g/mol. The van der Waals surface area contributed by atoms with Gasteiger partial charge in [0.25, 0.3) is 5.91 Å². The smallest absolute Gasteiger partial charge is 0.289 e. The van der Waals surface area contributed by atoms with E-state index in [1.807, 2.05) is 23.1 Å². The molecule has 5 nitrogen and oxygen atoms in total. The molecule has 4 rings (SSSR count). The predicted octanol–water partition coefficient (Wildman–Crippen LogP) is 5.55. The number of hydrogen-bond acceptors (Lipinski definition) is 4. The molecule has 1 aromatic carbocycles. The van der Waals surface area contributed by atoms with E-state index in [1.54, 1.807) is 19.5 Å². The first-order chi connectivity index (χ1) is 14.1. The highest BCUT2D eigenvalue weighted by molar-refractivity contribution is 6.35. The lowest BCUT2D eigenvalue weighted by atomic mass is 10.0. The van der Waals surface area contributed by atoms with Gasteiger partial charge >= 0.3 is 0 Å². The van der Waals surface area contributed by atoms with Gasteiger partial charge in [0.2, 0.25) is 0 Å². The molecule has 29 heavy (non-hydrogen) atoms. The van der Waals surface area contributed by atoms with Crippen molar-refractivity contribution in [2.24, 2.45) is 0 Å². The van der Waals surface area contributed by atoms with Crippen LogP contribution >= 0.6 is 23.2 Å². The number of halogens is 2. The molecule has 1 fully saturated rings. The van der Waals surface area contributed by atoms with Crippen molar-refractivity contribution in [3.8, 4) is 5.75 Å². The van der Waals surface area contributed by atoms with E-state index < -0.39 is 0 Å². The Hall–Kier alpha value is -2.24. The molecule has 0 N–H and O–H groups in total. The number of methoxy groups -OCH3 is 1. The molecule has 0 saturated carbocycles. The van der Waals surface area contributed by atoms with Crippen LogP contribution in [0.5, 0.6) is 5.75 Å². The number of ether oxygens (including phenoxy) is 1. The van der Waals surface area contributed by atoms with Crippen molar-refractivity contribution in [3.05, 3.63) is 57.5 Å². The van der Waals surface area contributed by atoms with Crippen molar-refractivity contribution < 1.29 is 13.9 Å². The van der Waals surface area contributed by atoms with Crippen LogP contribution in [0.2, 0.25) is 10.0 Å². The maximum absolute atomic E-state index is 12.9. The largest absolute Gasteiger partial charge is 0.493 e. The van der Waals surface area contributed by atoms with Crippen LogP contribution < -0.4 is 4.74 Å². The van der Waals surface area contributed by atoms with Gasteiger partial charge in [0.05, 0.1) is 17.2 Å². The van der Waals surface area contributed by atoms with Crippen LogP contribution in [0.1, 0.15) is 40.9 Å². The Bertz CT molecular complexity index is 1020. The van der Waals surface area contributed by atoms with Crippen LogP contribution in [0.25, 0.3) is 11.0 Å². The molecule has 0 unspecified atom stereocenters. The van der Waals surface area contributed by atoms with E-state index >= 15 is 0 Å². The molecule has 7 heteroatoms. The lowest BCUT2D eigenvalue weighted by molar-refractivity contribution is 0.0694. The van der Waals surface area contributed by atoms with Crippen LogP contribution in [0.15, 0.2) is 35.0 Å². The molecule has 2 aromatic heterocycles. The van der Waals surface area contributed by atoms with Crippen LogP contribution in [-0.4, -0.2) is 36.0 Å². The third-order valence-corrected chi connectivity index (χ3v) is 6.06. The second-order valence-electron chi connectivity index (χ2n) is 7.21. The Balaban J connectivity index is 1.66. The van der Waals surface area contributed by atoms with Crippen LogP contribution in [0.3, 0.4) is 0 Å². The first-order valence-corrected chi connectivity index (χ1v) is 10.5. The van der Waals surface area contributed by atoms with Crippen molar-refractivity contribution >= 4 is 40.1 Å². The van der Waals surface area contributed by atoms with Crippen molar-refractivity contribution in [2.45, 2.75) is 32.1 Å². The maximum Gasteiger partial charge on any atom is 0.289 e. The molecule has 0 bridgehead atoms. The summed E-state index contributed by atoms with van der Waals surface area (Å²) >= 11 is 12.5. The van der Waals surface area contributed by atoms with E-state index in [9.17, 15) is 4.79 Å². The zero-order valence-corrected chi connectivity index (χ0v) is 17.7. The fraction of sp³-hybridized carbons (Fsp3) is 0.364. The summed E-state index contributed by atoms with van der Waals surface area (Å²) in [6.45, 7) is 1.55. The van der Waals surface area contributed by atoms with Gasteiger partial charge in [-0.15, -0.1) is 0 Å². The number of likely N-dealkylation sites (tertiary alicyclic amines) is 1. The zero-order chi connectivity index (χ0) is 20.4. The van der Waals surface area contributed by atoms with Gasteiger partial charge in [0.15, 0.2) is 17.1 Å². The third-order valence-electron chi connectivity index (χ3n) is 5.41. The molecule has 3 aromatic rings. The van der Waals surface area contributed by atoms with Gasteiger partial charge in [-0.05, 0) is 55.4 Å². The summed E-state index contributed by atoms with van der Waals surface area (Å²) in [6, 6.07) is 5.70. The summed E-state index contributed by atoms with van der Waals surface area (Å²) in [6.07, 6.45) is 7.78. The summed E-state index contributed by atoms with van der Waals surface area (Å²) in [7, 11) is 1.60. The summed E-state index contributed by atoms with van der Waals surface area (Å²) in [5.74, 6) is 0.906. The number of carbonyl (C=O) groups is 1. The standard InChI is InChI=1S/C22H22Cl2N2O3/c1-28-19-8-6-14(5-7-15-17(23)12-25-13-18(15)24)16-11-20(29-21(16)19)22(27)26-9-3-2-4-10-26/h6,8,11-13H,2-5,7,9-10H2,1H3. The number of carbonyl (C=O) groups excluding carboxylic acids is 1. The summed E-state index contributed by atoms with van der Waals surface area (Å²) in [4.78, 5) is 18.8. The number of hydrogen-bond donors (Lipinski definition) is 0. The van der Waals surface area contributed by atoms with Crippen LogP contribution in [0, 0.1) is 0 Å². The van der Waals surface area contributed by atoms with E-state index in [4.69, 9.17) is 32.4 Å². The van der Waals surface area contributed by atoms with E-state index in [0.29, 0.717) is 40.0 Å². The summed E-state index contributed by atoms with van der Waals surface area (Å²) in [5.41, 5.74) is 2.50. The van der Waals surface area contributed by atoms with Crippen molar-refractivity contribution in [1.29, 1.82) is 0 Å². The quantitative estimate of drug-likeness (QED) is 0.529. The number of furan rings is 1. The highest BCUT2D eigenvalue weighted by atomic mass is 35.5. The minimum absolute atomic E-state index is 0.0610. The number of nitrogens with zero attached hydrogens (tertiary/aromatic N) is 2. The van der Waals surface area contributed by atoms with Gasteiger partial charge in [0.1, 0.15) is 0 Å². The van der Waals surface area contributed by atoms with Gasteiger partial charge in [-0.25, -0.2) is 0 Å². The molecule has 0 aliphatic carbocycles. The highest BCUT2D eigenvalue weighted by Crippen LogP contribution is 2.34. The lowest BCUT2D eigenvalue weighted by Gasteiger charge is -2.25. The first kappa shape index (κ1) is 20.0. The molecule has 152 valence electrons. The Kier molecular flexibility index (Phi) is 5.97. The monoisotopic (exact) mass is 432 g/mol. The number of aromatic nitrogens is 1. The zero-order valence-electron chi connectivity index (χ0n) is 16.2. The molecule has 0 atom stereocenters. The Morgan fingerprint density at radius 3 is 2.55 bits per heavy atom. The molecule has 0 radical (unpaired) electrons. The number of pyridine rings is 1. The Morgan fingerprint density at radius 2 is 1.86 bits per heavy atom. The first-order valence-electron chi connectivity index (χ1n) is 9.75. The topological polar surface area (TPSA) is 55.6 Å². The number of piperidine rings is 1. The van der Waals surface area contributed by atoms with Gasteiger partial charge in [-0.1, -0.05) is 29.3 Å². The minimum atomic E-state index is -0.0610. The number of benzene rings is 1. The molecule has 1 aliphatic heterocycles. The van der Waals surface area contributed by atoms with Crippen LogP contribution in [0.4, 0.5) is 0 Å². The lowest BCUT2D eigenvalue weighted by Crippen LogP contribution is -2.35. The molecule has 1 amide bonds. The van der Waals surface area contributed by atoms with E-state index in [1.165, 1.54) is 6.42 Å². The fourth-order valence-corrected chi connectivity index (χ4v) is 4.38. The number of aryl methyl sites for hydroxylation is 1.